The highest BCUT2D eigenvalue weighted by molar-refractivity contribution is 9.10. The molecule has 0 heterocycles. The molecule has 0 saturated heterocycles. The molecule has 3 heteroatoms. The van der Waals surface area contributed by atoms with Gasteiger partial charge in [-0.05, 0) is 33.4 Å². The van der Waals surface area contributed by atoms with E-state index in [1.807, 2.05) is 12.1 Å². The summed E-state index contributed by atoms with van der Waals surface area (Å²) in [6, 6.07) is 8.71. The van der Waals surface area contributed by atoms with Crippen molar-refractivity contribution in [3.63, 3.8) is 0 Å². The van der Waals surface area contributed by atoms with Crippen LogP contribution in [0.25, 0.3) is 10.8 Å². The Bertz CT molecular complexity index is 466. The minimum atomic E-state index is 0.0793. The molecule has 0 aliphatic heterocycles. The largest absolute Gasteiger partial charge is 0.507 e. The van der Waals surface area contributed by atoms with Gasteiger partial charge >= 0.3 is 0 Å². The molecule has 13 heavy (non-hydrogen) atoms. The number of benzene rings is 2. The Morgan fingerprint density at radius 3 is 2.54 bits per heavy atom. The molecule has 2 N–H and O–H groups in total. The smallest absolute Gasteiger partial charge is 0.141 e. The molecular formula is C10H7BrO2. The second-order valence-electron chi connectivity index (χ2n) is 2.77. The number of rotatable bonds is 0. The van der Waals surface area contributed by atoms with Crippen molar-refractivity contribution < 1.29 is 10.2 Å². The molecule has 0 aromatic heterocycles. The van der Waals surface area contributed by atoms with Gasteiger partial charge in [0.25, 0.3) is 0 Å². The fourth-order valence-electron chi connectivity index (χ4n) is 1.32. The van der Waals surface area contributed by atoms with Crippen molar-refractivity contribution in [1.82, 2.24) is 0 Å². The highest BCUT2D eigenvalue weighted by Crippen LogP contribution is 2.37. The topological polar surface area (TPSA) is 40.5 Å². The summed E-state index contributed by atoms with van der Waals surface area (Å²) < 4.78 is 0.585. The molecule has 66 valence electrons. The summed E-state index contributed by atoms with van der Waals surface area (Å²) in [7, 11) is 0. The Morgan fingerprint density at radius 1 is 1.00 bits per heavy atom. The fourth-order valence-corrected chi connectivity index (χ4v) is 1.65. The molecule has 0 radical (unpaired) electrons. The van der Waals surface area contributed by atoms with Crippen LogP contribution in [0.15, 0.2) is 34.8 Å². The van der Waals surface area contributed by atoms with Gasteiger partial charge in [-0.3, -0.25) is 0 Å². The third-order valence-electron chi connectivity index (χ3n) is 1.95. The quantitative estimate of drug-likeness (QED) is 0.741. The maximum absolute atomic E-state index is 9.63. The van der Waals surface area contributed by atoms with Gasteiger partial charge in [0.15, 0.2) is 0 Å². The van der Waals surface area contributed by atoms with Crippen molar-refractivity contribution >= 4 is 26.7 Å². The standard InChI is InChI=1S/C10H7BrO2/c11-7-5-4-6-2-1-3-8(12)9(6)10(7)13/h1-5,12-13H. The number of phenols is 2. The zero-order valence-electron chi connectivity index (χ0n) is 6.66. The summed E-state index contributed by atoms with van der Waals surface area (Å²) in [4.78, 5) is 0. The molecular weight excluding hydrogens is 232 g/mol. The van der Waals surface area contributed by atoms with E-state index in [-0.39, 0.29) is 11.5 Å². The lowest BCUT2D eigenvalue weighted by molar-refractivity contribution is 0.462. The van der Waals surface area contributed by atoms with Crippen molar-refractivity contribution in [2.75, 3.05) is 0 Å². The molecule has 2 nitrogen and oxygen atoms in total. The van der Waals surface area contributed by atoms with Gasteiger partial charge in [0.05, 0.1) is 9.86 Å². The normalized spacial score (nSPS) is 10.5. The van der Waals surface area contributed by atoms with Gasteiger partial charge in [-0.1, -0.05) is 18.2 Å². The van der Waals surface area contributed by atoms with Gasteiger partial charge in [0.2, 0.25) is 0 Å². The predicted octanol–water partition coefficient (Wildman–Crippen LogP) is 3.01. The van der Waals surface area contributed by atoms with Crippen LogP contribution < -0.4 is 0 Å². The predicted molar refractivity (Wildman–Crippen MR) is 55.0 cm³/mol. The van der Waals surface area contributed by atoms with Crippen molar-refractivity contribution in [3.8, 4) is 11.5 Å². The molecule has 2 rings (SSSR count). The second kappa shape index (κ2) is 2.92. The van der Waals surface area contributed by atoms with Crippen LogP contribution in [0.2, 0.25) is 0 Å². The molecule has 0 amide bonds. The Balaban J connectivity index is 2.97. The number of aromatic hydroxyl groups is 2. The molecule has 0 unspecified atom stereocenters. The molecule has 0 bridgehead atoms. The van der Waals surface area contributed by atoms with E-state index in [4.69, 9.17) is 0 Å². The molecule has 0 atom stereocenters. The summed E-state index contributed by atoms with van der Waals surface area (Å²) in [5, 5.41) is 20.4. The van der Waals surface area contributed by atoms with E-state index in [1.165, 1.54) is 0 Å². The zero-order chi connectivity index (χ0) is 9.42. The van der Waals surface area contributed by atoms with Crippen molar-refractivity contribution in [2.24, 2.45) is 0 Å². The van der Waals surface area contributed by atoms with Crippen LogP contribution in [0.1, 0.15) is 0 Å². The maximum atomic E-state index is 9.63. The van der Waals surface area contributed by atoms with Gasteiger partial charge < -0.3 is 10.2 Å². The summed E-state index contributed by atoms with van der Waals surface area (Å²) in [6.07, 6.45) is 0. The van der Waals surface area contributed by atoms with Crippen LogP contribution in [-0.4, -0.2) is 10.2 Å². The van der Waals surface area contributed by atoms with Gasteiger partial charge in [-0.2, -0.15) is 0 Å². The van der Waals surface area contributed by atoms with E-state index >= 15 is 0 Å². The minimum absolute atomic E-state index is 0.0793. The van der Waals surface area contributed by atoms with Crippen molar-refractivity contribution in [2.45, 2.75) is 0 Å². The third kappa shape index (κ3) is 1.25. The number of hydrogen-bond donors (Lipinski definition) is 2. The lowest BCUT2D eigenvalue weighted by Gasteiger charge is -2.04. The first-order chi connectivity index (χ1) is 6.20. The van der Waals surface area contributed by atoms with Crippen LogP contribution in [0, 0.1) is 0 Å². The molecule has 0 fully saturated rings. The molecule has 0 aliphatic carbocycles. The monoisotopic (exact) mass is 238 g/mol. The fraction of sp³-hybridized carbons (Fsp3) is 0. The van der Waals surface area contributed by atoms with Crippen molar-refractivity contribution in [3.05, 3.63) is 34.8 Å². The minimum Gasteiger partial charge on any atom is -0.507 e. The van der Waals surface area contributed by atoms with E-state index in [0.29, 0.717) is 9.86 Å². The summed E-state index contributed by atoms with van der Waals surface area (Å²) in [5.74, 6) is 0.173. The number of hydrogen-bond acceptors (Lipinski definition) is 2. The van der Waals surface area contributed by atoms with E-state index in [0.717, 1.165) is 5.39 Å². The number of fused-ring (bicyclic) bond motifs is 1. The number of halogens is 1. The van der Waals surface area contributed by atoms with Crippen LogP contribution in [0.5, 0.6) is 11.5 Å². The summed E-state index contributed by atoms with van der Waals surface area (Å²) >= 11 is 3.19. The zero-order valence-corrected chi connectivity index (χ0v) is 8.25. The van der Waals surface area contributed by atoms with Crippen LogP contribution >= 0.6 is 15.9 Å². The first-order valence-electron chi connectivity index (χ1n) is 3.79. The lowest BCUT2D eigenvalue weighted by Crippen LogP contribution is -1.76. The third-order valence-corrected chi connectivity index (χ3v) is 2.59. The van der Waals surface area contributed by atoms with Crippen LogP contribution in [-0.2, 0) is 0 Å². The molecule has 0 aliphatic rings. The first kappa shape index (κ1) is 8.38. The SMILES string of the molecule is Oc1cccc2ccc(Br)c(O)c12. The molecule has 2 aromatic rings. The first-order valence-corrected chi connectivity index (χ1v) is 4.58. The lowest BCUT2D eigenvalue weighted by atomic mass is 10.1. The summed E-state index contributed by atoms with van der Waals surface area (Å²) in [5.41, 5.74) is 0. The highest BCUT2D eigenvalue weighted by Gasteiger charge is 2.07. The maximum Gasteiger partial charge on any atom is 0.141 e. The van der Waals surface area contributed by atoms with E-state index < -0.39 is 0 Å². The van der Waals surface area contributed by atoms with E-state index in [1.54, 1.807) is 18.2 Å². The highest BCUT2D eigenvalue weighted by atomic mass is 79.9. The van der Waals surface area contributed by atoms with Gasteiger partial charge in [-0.15, -0.1) is 0 Å². The van der Waals surface area contributed by atoms with Crippen LogP contribution in [0.3, 0.4) is 0 Å². The number of phenolic OH excluding ortho intramolecular Hbond substituents is 2. The Labute approximate surface area is 83.6 Å². The van der Waals surface area contributed by atoms with Gasteiger partial charge in [0, 0.05) is 0 Å². The van der Waals surface area contributed by atoms with E-state index in [2.05, 4.69) is 15.9 Å². The summed E-state index contributed by atoms with van der Waals surface area (Å²) in [6.45, 7) is 0. The Hall–Kier alpha value is -1.22. The average Bonchev–Trinajstić information content (AvgIpc) is 2.12. The van der Waals surface area contributed by atoms with E-state index in [9.17, 15) is 10.2 Å². The van der Waals surface area contributed by atoms with Gasteiger partial charge in [0.1, 0.15) is 11.5 Å². The molecule has 2 aromatic carbocycles. The average molecular weight is 239 g/mol. The van der Waals surface area contributed by atoms with Crippen molar-refractivity contribution in [1.29, 1.82) is 0 Å². The molecule has 0 spiro atoms. The molecule has 0 saturated carbocycles. The Kier molecular flexibility index (Phi) is 1.88. The Morgan fingerprint density at radius 2 is 1.77 bits per heavy atom. The van der Waals surface area contributed by atoms with Crippen LogP contribution in [0.4, 0.5) is 0 Å². The van der Waals surface area contributed by atoms with Gasteiger partial charge in [-0.25, -0.2) is 0 Å². The second-order valence-corrected chi connectivity index (χ2v) is 3.63.